The second kappa shape index (κ2) is 7.85. The van der Waals surface area contributed by atoms with E-state index in [2.05, 4.69) is 9.71 Å². The van der Waals surface area contributed by atoms with Gasteiger partial charge in [-0.2, -0.15) is 0 Å². The summed E-state index contributed by atoms with van der Waals surface area (Å²) in [6, 6.07) is 8.19. The average Bonchev–Trinajstić information content (AvgIpc) is 2.50. The zero-order valence-corrected chi connectivity index (χ0v) is 15.5. The second-order valence-corrected chi connectivity index (χ2v) is 7.58. The predicted octanol–water partition coefficient (Wildman–Crippen LogP) is 4.33. The monoisotopic (exact) mass is 368 g/mol. The van der Waals surface area contributed by atoms with Crippen LogP contribution in [0, 0.1) is 13.8 Å². The third-order valence-electron chi connectivity index (χ3n) is 3.40. The molecule has 0 radical (unpaired) electrons. The highest BCUT2D eigenvalue weighted by Gasteiger charge is 2.22. The molecule has 0 aliphatic rings. The first-order chi connectivity index (χ1) is 11.3. The van der Waals surface area contributed by atoms with Gasteiger partial charge in [0, 0.05) is 10.7 Å². The molecule has 7 heteroatoms. The van der Waals surface area contributed by atoms with Crippen molar-refractivity contribution in [1.29, 1.82) is 0 Å². The fourth-order valence-corrected chi connectivity index (χ4v) is 3.46. The quantitative estimate of drug-likeness (QED) is 0.738. The number of nitrogens with one attached hydrogen (secondary N) is 1. The summed E-state index contributed by atoms with van der Waals surface area (Å²) in [6.45, 7) is 6.09. The Kier molecular flexibility index (Phi) is 6.07. The molecule has 0 spiro atoms. The zero-order valence-electron chi connectivity index (χ0n) is 14.0. The van der Waals surface area contributed by atoms with Crippen LogP contribution in [0.5, 0.6) is 5.75 Å². The Balaban J connectivity index is 2.38. The van der Waals surface area contributed by atoms with Crippen LogP contribution in [-0.2, 0) is 10.0 Å². The summed E-state index contributed by atoms with van der Waals surface area (Å²) in [5.41, 5.74) is 1.48. The number of benzene rings is 1. The molecule has 1 N–H and O–H groups in total. The van der Waals surface area contributed by atoms with Gasteiger partial charge < -0.3 is 4.74 Å². The van der Waals surface area contributed by atoms with Crippen LogP contribution in [0.2, 0.25) is 5.02 Å². The lowest BCUT2D eigenvalue weighted by atomic mass is 10.2. The van der Waals surface area contributed by atoms with Crippen molar-refractivity contribution in [3.05, 3.63) is 46.6 Å². The molecule has 0 fully saturated rings. The van der Waals surface area contributed by atoms with E-state index in [-0.39, 0.29) is 10.7 Å². The molecule has 0 aliphatic carbocycles. The topological polar surface area (TPSA) is 68.3 Å². The minimum absolute atomic E-state index is 0.0116. The lowest BCUT2D eigenvalue weighted by Gasteiger charge is -2.15. The highest BCUT2D eigenvalue weighted by Crippen LogP contribution is 2.31. The summed E-state index contributed by atoms with van der Waals surface area (Å²) in [5.74, 6) is 0.553. The van der Waals surface area contributed by atoms with E-state index in [4.69, 9.17) is 16.3 Å². The molecule has 0 saturated heterocycles. The molecule has 0 saturated carbocycles. The highest BCUT2D eigenvalue weighted by molar-refractivity contribution is 7.92. The van der Waals surface area contributed by atoms with Crippen LogP contribution in [0.4, 0.5) is 5.82 Å². The molecule has 0 unspecified atom stereocenters. The molecule has 130 valence electrons. The average molecular weight is 369 g/mol. The number of halogens is 1. The summed E-state index contributed by atoms with van der Waals surface area (Å²) in [7, 11) is -3.86. The molecule has 2 aromatic rings. The summed E-state index contributed by atoms with van der Waals surface area (Å²) in [5, 5.41) is 0.371. The van der Waals surface area contributed by atoms with Gasteiger partial charge in [-0.05, 0) is 50.1 Å². The van der Waals surface area contributed by atoms with Crippen LogP contribution in [0.3, 0.4) is 0 Å². The Hall–Kier alpha value is -1.79. The summed E-state index contributed by atoms with van der Waals surface area (Å²) >= 11 is 6.12. The van der Waals surface area contributed by atoms with Crippen LogP contribution < -0.4 is 9.46 Å². The first kappa shape index (κ1) is 18.5. The van der Waals surface area contributed by atoms with Gasteiger partial charge in [0.2, 0.25) is 0 Å². The maximum Gasteiger partial charge on any atom is 0.266 e. The largest absolute Gasteiger partial charge is 0.492 e. The van der Waals surface area contributed by atoms with E-state index in [9.17, 15) is 8.42 Å². The summed E-state index contributed by atoms with van der Waals surface area (Å²) in [6.07, 6.45) is 1.80. The van der Waals surface area contributed by atoms with Crippen molar-refractivity contribution in [3.63, 3.8) is 0 Å². The van der Waals surface area contributed by atoms with Crippen LogP contribution in [0.25, 0.3) is 0 Å². The lowest BCUT2D eigenvalue weighted by molar-refractivity contribution is 0.301. The third kappa shape index (κ3) is 4.61. The lowest BCUT2D eigenvalue weighted by Crippen LogP contribution is -2.16. The summed E-state index contributed by atoms with van der Waals surface area (Å²) < 4.78 is 33.6. The van der Waals surface area contributed by atoms with Crippen LogP contribution in [0.15, 0.2) is 35.2 Å². The van der Waals surface area contributed by atoms with Gasteiger partial charge in [0.15, 0.2) is 0 Å². The molecular formula is C17H21ClN2O3S. The number of nitrogens with zero attached hydrogens (tertiary/aromatic N) is 1. The molecule has 5 nitrogen and oxygen atoms in total. The van der Waals surface area contributed by atoms with Crippen molar-refractivity contribution >= 4 is 27.4 Å². The van der Waals surface area contributed by atoms with Crippen LogP contribution in [-0.4, -0.2) is 20.0 Å². The van der Waals surface area contributed by atoms with Gasteiger partial charge in [-0.15, -0.1) is 0 Å². The van der Waals surface area contributed by atoms with Crippen LogP contribution >= 0.6 is 11.6 Å². The Labute approximate surface area is 148 Å². The van der Waals surface area contributed by atoms with E-state index >= 15 is 0 Å². The van der Waals surface area contributed by atoms with Gasteiger partial charge >= 0.3 is 0 Å². The number of hydrogen-bond acceptors (Lipinski definition) is 4. The molecule has 0 bridgehead atoms. The van der Waals surface area contributed by atoms with E-state index in [1.807, 2.05) is 6.92 Å². The number of anilines is 1. The molecule has 24 heavy (non-hydrogen) atoms. The van der Waals surface area contributed by atoms with Gasteiger partial charge in [-0.3, -0.25) is 4.72 Å². The molecule has 2 rings (SSSR count). The fourth-order valence-electron chi connectivity index (χ4n) is 2.08. The molecule has 0 amide bonds. The van der Waals surface area contributed by atoms with Crippen molar-refractivity contribution < 1.29 is 13.2 Å². The molecule has 1 heterocycles. The van der Waals surface area contributed by atoms with Crippen molar-refractivity contribution in [3.8, 4) is 5.75 Å². The smallest absolute Gasteiger partial charge is 0.266 e. The Morgan fingerprint density at radius 2 is 2.00 bits per heavy atom. The SMILES string of the molecule is CCCCOc1cc(C)c(Cl)cc1S(=O)(=O)Nc1cccc(C)n1. The number of hydrogen-bond donors (Lipinski definition) is 1. The molecular weight excluding hydrogens is 348 g/mol. The normalized spacial score (nSPS) is 11.3. The predicted molar refractivity (Wildman–Crippen MR) is 96.4 cm³/mol. The number of pyridine rings is 1. The van der Waals surface area contributed by atoms with Gasteiger partial charge in [-0.1, -0.05) is 31.0 Å². The molecule has 0 atom stereocenters. The third-order valence-corrected chi connectivity index (χ3v) is 5.18. The first-order valence-corrected chi connectivity index (χ1v) is 9.59. The number of rotatable bonds is 7. The van der Waals surface area contributed by atoms with Crippen LogP contribution in [0.1, 0.15) is 31.0 Å². The van der Waals surface area contributed by atoms with Crippen molar-refractivity contribution in [2.45, 2.75) is 38.5 Å². The van der Waals surface area contributed by atoms with Crippen molar-refractivity contribution in [2.75, 3.05) is 11.3 Å². The molecule has 1 aromatic heterocycles. The fraction of sp³-hybridized carbons (Fsp3) is 0.353. The van der Waals surface area contributed by atoms with Gasteiger partial charge in [0.25, 0.3) is 10.0 Å². The van der Waals surface area contributed by atoms with E-state index < -0.39 is 10.0 Å². The standard InChI is InChI=1S/C17H21ClN2O3S/c1-4-5-9-23-15-10-12(2)14(18)11-16(15)24(21,22)20-17-8-6-7-13(3)19-17/h6-8,10-11H,4-5,9H2,1-3H3,(H,19,20). The number of ether oxygens (including phenoxy) is 1. The highest BCUT2D eigenvalue weighted by atomic mass is 35.5. The Morgan fingerprint density at radius 3 is 2.67 bits per heavy atom. The van der Waals surface area contributed by atoms with Crippen molar-refractivity contribution in [2.24, 2.45) is 0 Å². The van der Waals surface area contributed by atoms with E-state index in [0.29, 0.717) is 17.4 Å². The maximum absolute atomic E-state index is 12.7. The zero-order chi connectivity index (χ0) is 17.7. The number of aromatic nitrogens is 1. The van der Waals surface area contributed by atoms with Gasteiger partial charge in [-0.25, -0.2) is 13.4 Å². The van der Waals surface area contributed by atoms with Gasteiger partial charge in [0.05, 0.1) is 6.61 Å². The van der Waals surface area contributed by atoms with Gasteiger partial charge in [0.1, 0.15) is 16.5 Å². The number of sulfonamides is 1. The van der Waals surface area contributed by atoms with Crippen molar-refractivity contribution in [1.82, 2.24) is 4.98 Å². The Bertz CT molecular complexity index is 823. The first-order valence-electron chi connectivity index (χ1n) is 7.73. The minimum atomic E-state index is -3.86. The second-order valence-electron chi connectivity index (χ2n) is 5.52. The number of aryl methyl sites for hydroxylation is 2. The minimum Gasteiger partial charge on any atom is -0.492 e. The number of unbranched alkanes of at least 4 members (excludes halogenated alkanes) is 1. The van der Waals surface area contributed by atoms with E-state index in [1.54, 1.807) is 38.1 Å². The molecule has 1 aromatic carbocycles. The maximum atomic E-state index is 12.7. The van der Waals surface area contributed by atoms with E-state index in [0.717, 1.165) is 24.1 Å². The summed E-state index contributed by atoms with van der Waals surface area (Å²) in [4.78, 5) is 4.18. The van der Waals surface area contributed by atoms with E-state index in [1.165, 1.54) is 6.07 Å². The Morgan fingerprint density at radius 1 is 1.25 bits per heavy atom. The molecule has 0 aliphatic heterocycles.